The molecule has 3 heterocycles. The molecule has 0 spiro atoms. The molecule has 1 aliphatic rings. The van der Waals surface area contributed by atoms with Gasteiger partial charge in [-0.05, 0) is 48.9 Å². The molecule has 0 fully saturated rings. The van der Waals surface area contributed by atoms with Gasteiger partial charge < -0.3 is 10.0 Å². The Bertz CT molecular complexity index is 1160. The zero-order chi connectivity index (χ0) is 22.3. The Morgan fingerprint density at radius 1 is 1.23 bits per heavy atom. The van der Waals surface area contributed by atoms with Crippen LogP contribution >= 0.6 is 11.3 Å². The Morgan fingerprint density at radius 2 is 1.94 bits per heavy atom. The number of aliphatic carboxylic acids is 1. The number of hydrogen-bond acceptors (Lipinski definition) is 4. The molecule has 31 heavy (non-hydrogen) atoms. The van der Waals surface area contributed by atoms with E-state index >= 15 is 0 Å². The van der Waals surface area contributed by atoms with E-state index in [1.165, 1.54) is 11.1 Å². The number of pyridine rings is 1. The maximum Gasteiger partial charge on any atom is 0.311 e. The van der Waals surface area contributed by atoms with Crippen molar-refractivity contribution in [2.45, 2.75) is 59.4 Å². The minimum Gasteiger partial charge on any atom is -0.481 e. The third-order valence-corrected chi connectivity index (χ3v) is 7.34. The smallest absolute Gasteiger partial charge is 0.311 e. The molecule has 5 nitrogen and oxygen atoms in total. The fourth-order valence-electron chi connectivity index (χ4n) is 4.65. The van der Waals surface area contributed by atoms with Crippen LogP contribution in [0.25, 0.3) is 21.3 Å². The lowest BCUT2D eigenvalue weighted by molar-refractivity contribution is -0.139. The summed E-state index contributed by atoms with van der Waals surface area (Å²) < 4.78 is 0. The molecule has 6 heteroatoms. The number of carbonyl (C=O) groups excluding carboxylic acids is 1. The number of benzene rings is 1. The van der Waals surface area contributed by atoms with Crippen LogP contribution in [0, 0.1) is 13.8 Å². The van der Waals surface area contributed by atoms with Crippen molar-refractivity contribution in [1.29, 1.82) is 0 Å². The minimum atomic E-state index is -0.800. The van der Waals surface area contributed by atoms with E-state index < -0.39 is 11.9 Å². The van der Waals surface area contributed by atoms with Crippen LogP contribution in [0.5, 0.6) is 0 Å². The van der Waals surface area contributed by atoms with Crippen molar-refractivity contribution in [1.82, 2.24) is 9.88 Å². The van der Waals surface area contributed by atoms with Gasteiger partial charge in [-0.15, -0.1) is 11.3 Å². The van der Waals surface area contributed by atoms with Gasteiger partial charge in [-0.25, -0.2) is 4.98 Å². The van der Waals surface area contributed by atoms with Crippen molar-refractivity contribution < 1.29 is 14.7 Å². The second kappa shape index (κ2) is 8.42. The van der Waals surface area contributed by atoms with Gasteiger partial charge in [0.15, 0.2) is 0 Å². The number of carbonyl (C=O) groups is 2. The van der Waals surface area contributed by atoms with Crippen molar-refractivity contribution in [3.8, 4) is 11.1 Å². The normalized spacial score (nSPS) is 14.5. The summed E-state index contributed by atoms with van der Waals surface area (Å²) in [5, 5.41) is 11.2. The lowest BCUT2D eigenvalue weighted by atomic mass is 9.84. The van der Waals surface area contributed by atoms with Gasteiger partial charge in [-0.1, -0.05) is 43.2 Å². The van der Waals surface area contributed by atoms with Crippen LogP contribution < -0.4 is 0 Å². The molecule has 0 saturated carbocycles. The monoisotopic (exact) mass is 436 g/mol. The van der Waals surface area contributed by atoms with Crippen LogP contribution in [0.4, 0.5) is 0 Å². The van der Waals surface area contributed by atoms with Crippen molar-refractivity contribution in [2.24, 2.45) is 0 Å². The van der Waals surface area contributed by atoms with Crippen molar-refractivity contribution in [2.75, 3.05) is 6.54 Å². The third kappa shape index (κ3) is 3.85. The molecule has 0 bridgehead atoms. The van der Waals surface area contributed by atoms with Crippen LogP contribution in [0.15, 0.2) is 24.3 Å². The molecular weight excluding hydrogens is 408 g/mol. The first-order chi connectivity index (χ1) is 14.8. The van der Waals surface area contributed by atoms with E-state index in [1.54, 1.807) is 18.3 Å². The van der Waals surface area contributed by atoms with Gasteiger partial charge in [0, 0.05) is 29.4 Å². The highest BCUT2D eigenvalue weighted by Crippen LogP contribution is 2.45. The molecule has 1 aliphatic heterocycles. The zero-order valence-corrected chi connectivity index (χ0v) is 19.3. The number of carboxylic acid groups (broad SMARTS) is 1. The van der Waals surface area contributed by atoms with E-state index in [2.05, 4.69) is 31.2 Å². The lowest BCUT2D eigenvalue weighted by Crippen LogP contribution is -2.33. The summed E-state index contributed by atoms with van der Waals surface area (Å²) in [6.07, 6.45) is 2.13. The first kappa shape index (κ1) is 21.5. The summed E-state index contributed by atoms with van der Waals surface area (Å²) in [6, 6.07) is 8.33. The van der Waals surface area contributed by atoms with E-state index in [1.807, 2.05) is 18.7 Å². The van der Waals surface area contributed by atoms with E-state index in [4.69, 9.17) is 4.98 Å². The minimum absolute atomic E-state index is 0.0839. The van der Waals surface area contributed by atoms with Crippen LogP contribution in [-0.4, -0.2) is 33.4 Å². The number of carboxylic acids is 1. The predicted molar refractivity (Wildman–Crippen MR) is 125 cm³/mol. The average Bonchev–Trinajstić information content (AvgIpc) is 3.08. The van der Waals surface area contributed by atoms with Gasteiger partial charge in [0.1, 0.15) is 4.83 Å². The topological polar surface area (TPSA) is 70.5 Å². The summed E-state index contributed by atoms with van der Waals surface area (Å²) in [5.41, 5.74) is 6.05. The molecule has 0 saturated heterocycles. The van der Waals surface area contributed by atoms with Gasteiger partial charge in [-0.3, -0.25) is 9.59 Å². The Labute approximate surface area is 186 Å². The number of rotatable bonds is 5. The zero-order valence-electron chi connectivity index (χ0n) is 18.5. The molecule has 0 radical (unpaired) electrons. The van der Waals surface area contributed by atoms with Crippen molar-refractivity contribution in [3.05, 3.63) is 51.5 Å². The highest BCUT2D eigenvalue weighted by Gasteiger charge is 2.31. The third-order valence-electron chi connectivity index (χ3n) is 6.23. The molecular formula is C25H28N2O3S. The van der Waals surface area contributed by atoms with E-state index in [0.29, 0.717) is 19.5 Å². The fourth-order valence-corrected chi connectivity index (χ4v) is 5.94. The van der Waals surface area contributed by atoms with Crippen LogP contribution in [0.3, 0.4) is 0 Å². The SMILES string of the molecule is CCCC(C(=O)O)c1c(C)nc2sc3c(c2c1-c1ccc(C)cc1)CCN(C(C)=O)C3. The molecule has 1 atom stereocenters. The number of hydrogen-bond donors (Lipinski definition) is 1. The molecule has 162 valence electrons. The Hall–Kier alpha value is -2.73. The molecule has 1 aromatic carbocycles. The number of aromatic nitrogens is 1. The highest BCUT2D eigenvalue weighted by atomic mass is 32.1. The first-order valence-electron chi connectivity index (χ1n) is 10.8. The lowest BCUT2D eigenvalue weighted by Gasteiger charge is -2.26. The summed E-state index contributed by atoms with van der Waals surface area (Å²) in [4.78, 5) is 33.1. The largest absolute Gasteiger partial charge is 0.481 e. The Kier molecular flexibility index (Phi) is 5.84. The van der Waals surface area contributed by atoms with E-state index in [0.717, 1.165) is 50.3 Å². The van der Waals surface area contributed by atoms with Crippen molar-refractivity contribution in [3.63, 3.8) is 0 Å². The quantitative estimate of drug-likeness (QED) is 0.577. The highest BCUT2D eigenvalue weighted by molar-refractivity contribution is 7.19. The van der Waals surface area contributed by atoms with Gasteiger partial charge >= 0.3 is 5.97 Å². The Morgan fingerprint density at radius 3 is 2.55 bits per heavy atom. The second-order valence-corrected chi connectivity index (χ2v) is 9.49. The number of thiophene rings is 1. The molecule has 4 rings (SSSR count). The second-order valence-electron chi connectivity index (χ2n) is 8.41. The molecule has 2 aromatic heterocycles. The summed E-state index contributed by atoms with van der Waals surface area (Å²) >= 11 is 1.64. The van der Waals surface area contributed by atoms with Gasteiger partial charge in [0.25, 0.3) is 0 Å². The van der Waals surface area contributed by atoms with Crippen molar-refractivity contribution >= 4 is 33.4 Å². The maximum atomic E-state index is 12.3. The van der Waals surface area contributed by atoms with Gasteiger partial charge in [0.2, 0.25) is 5.91 Å². The predicted octanol–water partition coefficient (Wildman–Crippen LogP) is 5.45. The first-order valence-corrected chi connectivity index (χ1v) is 11.6. The summed E-state index contributed by atoms with van der Waals surface area (Å²) in [5.74, 6) is -1.31. The van der Waals surface area contributed by atoms with Crippen LogP contribution in [0.2, 0.25) is 0 Å². The number of nitrogens with zero attached hydrogens (tertiary/aromatic N) is 2. The number of fused-ring (bicyclic) bond motifs is 3. The van der Waals surface area contributed by atoms with E-state index in [-0.39, 0.29) is 5.91 Å². The van der Waals surface area contributed by atoms with Crippen LogP contribution in [0.1, 0.15) is 59.9 Å². The standard InChI is InChI=1S/C25H28N2O3S/c1-5-6-19(25(29)30)21-15(3)26-24-23(22(21)17-9-7-14(2)8-10-17)18-11-12-27(16(4)28)13-20(18)31-24/h7-10,19H,5-6,11-13H2,1-4H3,(H,29,30). The van der Waals surface area contributed by atoms with Gasteiger partial charge in [-0.2, -0.15) is 0 Å². The average molecular weight is 437 g/mol. The van der Waals surface area contributed by atoms with E-state index in [9.17, 15) is 14.7 Å². The van der Waals surface area contributed by atoms with Crippen LogP contribution in [-0.2, 0) is 22.6 Å². The molecule has 1 unspecified atom stereocenters. The number of amides is 1. The van der Waals surface area contributed by atoms with Gasteiger partial charge in [0.05, 0.1) is 12.5 Å². The molecule has 1 amide bonds. The molecule has 0 aliphatic carbocycles. The molecule has 3 aromatic rings. The number of aryl methyl sites for hydroxylation is 2. The maximum absolute atomic E-state index is 12.3. The summed E-state index contributed by atoms with van der Waals surface area (Å²) in [6.45, 7) is 8.90. The molecule has 1 N–H and O–H groups in total. The Balaban J connectivity index is 2.04. The summed E-state index contributed by atoms with van der Waals surface area (Å²) in [7, 11) is 0. The fraction of sp³-hybridized carbons (Fsp3) is 0.400.